The van der Waals surface area contributed by atoms with Crippen LogP contribution in [0, 0.1) is 20.8 Å². The normalized spacial score (nSPS) is 13.9. The Hall–Kier alpha value is -2.63. The quantitative estimate of drug-likeness (QED) is 0.918. The summed E-state index contributed by atoms with van der Waals surface area (Å²) in [6.45, 7) is 7.35. The van der Waals surface area contributed by atoms with Gasteiger partial charge in [-0.05, 0) is 45.2 Å². The molecule has 0 atom stereocenters. The molecule has 0 saturated carbocycles. The zero-order chi connectivity index (χ0) is 18.8. The summed E-state index contributed by atoms with van der Waals surface area (Å²) < 4.78 is 1.78. The van der Waals surface area contributed by atoms with Crippen molar-refractivity contribution < 1.29 is 9.59 Å². The van der Waals surface area contributed by atoms with E-state index in [4.69, 9.17) is 0 Å². The summed E-state index contributed by atoms with van der Waals surface area (Å²) in [6.07, 6.45) is 2.33. The molecular weight excluding hydrogens is 328 g/mol. The molecule has 1 aliphatic heterocycles. The number of nitrogens with zero attached hydrogens (tertiary/aromatic N) is 3. The van der Waals surface area contributed by atoms with Gasteiger partial charge in [0, 0.05) is 31.4 Å². The van der Waals surface area contributed by atoms with Crippen LogP contribution in [-0.2, 0) is 18.3 Å². The zero-order valence-electron chi connectivity index (χ0n) is 15.9. The summed E-state index contributed by atoms with van der Waals surface area (Å²) in [4.78, 5) is 27.4. The third-order valence-electron chi connectivity index (χ3n) is 5.15. The van der Waals surface area contributed by atoms with Crippen LogP contribution >= 0.6 is 0 Å². The van der Waals surface area contributed by atoms with Gasteiger partial charge in [-0.25, -0.2) is 0 Å². The number of likely N-dealkylation sites (tertiary alicyclic amines) is 1. The van der Waals surface area contributed by atoms with Crippen molar-refractivity contribution >= 4 is 17.5 Å². The Labute approximate surface area is 154 Å². The summed E-state index contributed by atoms with van der Waals surface area (Å²) in [5.41, 5.74) is 4.85. The molecular formula is C20H26N4O2. The first-order valence-corrected chi connectivity index (χ1v) is 9.06. The Morgan fingerprint density at radius 3 is 2.46 bits per heavy atom. The monoisotopic (exact) mass is 354 g/mol. The minimum Gasteiger partial charge on any atom is -0.339 e. The van der Waals surface area contributed by atoms with E-state index >= 15 is 0 Å². The highest BCUT2D eigenvalue weighted by atomic mass is 16.2. The number of anilines is 1. The van der Waals surface area contributed by atoms with Crippen LogP contribution < -0.4 is 5.32 Å². The van der Waals surface area contributed by atoms with Gasteiger partial charge >= 0.3 is 0 Å². The van der Waals surface area contributed by atoms with Gasteiger partial charge in [0.1, 0.15) is 0 Å². The molecule has 1 N–H and O–H groups in total. The standard InChI is InChI=1S/C20H26N4O2/c1-13-8-7-9-17(19(13)20(26)24-10-5-6-11-24)21-18(25)12-16-14(2)22-23(4)15(16)3/h7-9H,5-6,10-12H2,1-4H3,(H,21,25). The molecule has 2 heterocycles. The number of aromatic nitrogens is 2. The molecule has 2 amide bonds. The van der Waals surface area contributed by atoms with E-state index in [-0.39, 0.29) is 18.2 Å². The first kappa shape index (κ1) is 18.2. The van der Waals surface area contributed by atoms with Crippen LogP contribution in [0.4, 0.5) is 5.69 Å². The highest BCUT2D eigenvalue weighted by molar-refractivity contribution is 6.05. The van der Waals surface area contributed by atoms with Crippen LogP contribution in [0.15, 0.2) is 18.2 Å². The van der Waals surface area contributed by atoms with Crippen molar-refractivity contribution in [1.29, 1.82) is 0 Å². The lowest BCUT2D eigenvalue weighted by Crippen LogP contribution is -2.29. The van der Waals surface area contributed by atoms with Crippen molar-refractivity contribution in [1.82, 2.24) is 14.7 Å². The van der Waals surface area contributed by atoms with Crippen LogP contribution in [0.3, 0.4) is 0 Å². The Morgan fingerprint density at radius 2 is 1.85 bits per heavy atom. The minimum atomic E-state index is -0.134. The largest absolute Gasteiger partial charge is 0.339 e. The molecule has 0 bridgehead atoms. The van der Waals surface area contributed by atoms with Crippen molar-refractivity contribution in [3.05, 3.63) is 46.3 Å². The molecule has 1 saturated heterocycles. The van der Waals surface area contributed by atoms with E-state index in [2.05, 4.69) is 10.4 Å². The molecule has 3 rings (SSSR count). The van der Waals surface area contributed by atoms with E-state index < -0.39 is 0 Å². The van der Waals surface area contributed by atoms with E-state index in [1.165, 1.54) is 0 Å². The van der Waals surface area contributed by atoms with Gasteiger partial charge in [-0.15, -0.1) is 0 Å². The molecule has 1 fully saturated rings. The lowest BCUT2D eigenvalue weighted by atomic mass is 10.0. The van der Waals surface area contributed by atoms with Gasteiger partial charge in [0.2, 0.25) is 5.91 Å². The van der Waals surface area contributed by atoms with Crippen LogP contribution in [-0.4, -0.2) is 39.6 Å². The summed E-state index contributed by atoms with van der Waals surface area (Å²) in [5.74, 6) is -0.130. The number of hydrogen-bond acceptors (Lipinski definition) is 3. The summed E-state index contributed by atoms with van der Waals surface area (Å²) in [5, 5.41) is 7.30. The van der Waals surface area contributed by atoms with E-state index in [9.17, 15) is 9.59 Å². The maximum Gasteiger partial charge on any atom is 0.256 e. The highest BCUT2D eigenvalue weighted by Gasteiger charge is 2.24. The molecule has 0 aliphatic carbocycles. The lowest BCUT2D eigenvalue weighted by molar-refractivity contribution is -0.115. The minimum absolute atomic E-state index is 0.00430. The molecule has 0 unspecified atom stereocenters. The fourth-order valence-corrected chi connectivity index (χ4v) is 3.56. The number of carbonyl (C=O) groups is 2. The van der Waals surface area contributed by atoms with Gasteiger partial charge in [-0.1, -0.05) is 12.1 Å². The predicted molar refractivity (Wildman–Crippen MR) is 101 cm³/mol. The average Bonchev–Trinajstić information content (AvgIpc) is 3.20. The second-order valence-electron chi connectivity index (χ2n) is 6.99. The fraction of sp³-hybridized carbons (Fsp3) is 0.450. The Morgan fingerprint density at radius 1 is 1.15 bits per heavy atom. The third kappa shape index (κ3) is 3.49. The zero-order valence-corrected chi connectivity index (χ0v) is 15.9. The molecule has 0 radical (unpaired) electrons. The van der Waals surface area contributed by atoms with E-state index in [1.54, 1.807) is 10.7 Å². The first-order chi connectivity index (χ1) is 12.4. The third-order valence-corrected chi connectivity index (χ3v) is 5.15. The Balaban J connectivity index is 1.82. The fourth-order valence-electron chi connectivity index (χ4n) is 3.56. The van der Waals surface area contributed by atoms with Gasteiger partial charge in [0.15, 0.2) is 0 Å². The van der Waals surface area contributed by atoms with Crippen LogP contribution in [0.25, 0.3) is 0 Å². The molecule has 1 aromatic heterocycles. The highest BCUT2D eigenvalue weighted by Crippen LogP contribution is 2.24. The van der Waals surface area contributed by atoms with Crippen molar-refractivity contribution in [2.24, 2.45) is 7.05 Å². The van der Waals surface area contributed by atoms with Crippen molar-refractivity contribution in [3.8, 4) is 0 Å². The molecule has 26 heavy (non-hydrogen) atoms. The Kier molecular flexibility index (Phi) is 5.11. The number of hydrogen-bond donors (Lipinski definition) is 1. The molecule has 6 nitrogen and oxygen atoms in total. The van der Waals surface area contributed by atoms with Gasteiger partial charge in [0.05, 0.1) is 23.4 Å². The molecule has 1 aliphatic rings. The smallest absolute Gasteiger partial charge is 0.256 e. The first-order valence-electron chi connectivity index (χ1n) is 9.06. The predicted octanol–water partition coefficient (Wildman–Crippen LogP) is 2.76. The summed E-state index contributed by atoms with van der Waals surface area (Å²) in [7, 11) is 1.87. The van der Waals surface area contributed by atoms with Crippen molar-refractivity contribution in [2.45, 2.75) is 40.0 Å². The molecule has 0 spiro atoms. The Bertz CT molecular complexity index is 848. The van der Waals surface area contributed by atoms with Crippen LogP contribution in [0.1, 0.15) is 45.7 Å². The van der Waals surface area contributed by atoms with Crippen LogP contribution in [0.2, 0.25) is 0 Å². The lowest BCUT2D eigenvalue weighted by Gasteiger charge is -2.19. The van der Waals surface area contributed by atoms with Crippen LogP contribution in [0.5, 0.6) is 0 Å². The second kappa shape index (κ2) is 7.32. The van der Waals surface area contributed by atoms with E-state index in [0.29, 0.717) is 11.3 Å². The van der Waals surface area contributed by atoms with Gasteiger partial charge in [-0.2, -0.15) is 5.10 Å². The molecule has 1 aromatic carbocycles. The number of carbonyl (C=O) groups excluding carboxylic acids is 2. The van der Waals surface area contributed by atoms with Gasteiger partial charge < -0.3 is 10.2 Å². The number of aryl methyl sites for hydroxylation is 3. The maximum atomic E-state index is 12.9. The summed E-state index contributed by atoms with van der Waals surface area (Å²) >= 11 is 0. The molecule has 2 aromatic rings. The van der Waals surface area contributed by atoms with Gasteiger partial charge in [-0.3, -0.25) is 14.3 Å². The van der Waals surface area contributed by atoms with Crippen molar-refractivity contribution in [3.63, 3.8) is 0 Å². The number of benzene rings is 1. The number of rotatable bonds is 4. The number of nitrogens with one attached hydrogen (secondary N) is 1. The number of amides is 2. The second-order valence-corrected chi connectivity index (χ2v) is 6.99. The van der Waals surface area contributed by atoms with E-state index in [0.717, 1.165) is 48.4 Å². The maximum absolute atomic E-state index is 12.9. The molecule has 138 valence electrons. The summed E-state index contributed by atoms with van der Waals surface area (Å²) in [6, 6.07) is 5.58. The van der Waals surface area contributed by atoms with Gasteiger partial charge in [0.25, 0.3) is 5.91 Å². The van der Waals surface area contributed by atoms with Crippen molar-refractivity contribution in [2.75, 3.05) is 18.4 Å². The van der Waals surface area contributed by atoms with E-state index in [1.807, 2.05) is 44.9 Å². The SMILES string of the molecule is Cc1cccc(NC(=O)Cc2c(C)nn(C)c2C)c1C(=O)N1CCCC1. The average molecular weight is 354 g/mol. The topological polar surface area (TPSA) is 67.2 Å². The molecule has 6 heteroatoms.